The summed E-state index contributed by atoms with van der Waals surface area (Å²) in [5.74, 6) is -1.89. The number of benzene rings is 1. The molecule has 1 fully saturated rings. The second-order valence-electron chi connectivity index (χ2n) is 4.96. The van der Waals surface area contributed by atoms with Crippen LogP contribution in [-0.4, -0.2) is 38.4 Å². The molecule has 4 nitrogen and oxygen atoms in total. The van der Waals surface area contributed by atoms with E-state index >= 15 is 0 Å². The molecule has 1 N–H and O–H groups in total. The Morgan fingerprint density at radius 1 is 1.43 bits per heavy atom. The molecule has 8 heteroatoms. The molecule has 0 aliphatic carbocycles. The van der Waals surface area contributed by atoms with Gasteiger partial charge in [-0.3, -0.25) is 0 Å². The summed E-state index contributed by atoms with van der Waals surface area (Å²) in [6.45, 7) is 3.44. The Kier molecular flexibility index (Phi) is 5.34. The van der Waals surface area contributed by atoms with Crippen molar-refractivity contribution in [3.63, 3.8) is 0 Å². The number of halogens is 3. The van der Waals surface area contributed by atoms with Crippen LogP contribution in [0.1, 0.15) is 19.8 Å². The largest absolute Gasteiger partial charge is 0.315 e. The summed E-state index contributed by atoms with van der Waals surface area (Å²) in [4.78, 5) is -0.496. The van der Waals surface area contributed by atoms with Crippen molar-refractivity contribution in [2.75, 3.05) is 19.6 Å². The highest BCUT2D eigenvalue weighted by molar-refractivity contribution is 9.10. The van der Waals surface area contributed by atoms with Crippen molar-refractivity contribution in [2.45, 2.75) is 30.7 Å². The molecular weight excluding hydrogens is 366 g/mol. The zero-order valence-electron chi connectivity index (χ0n) is 11.6. The van der Waals surface area contributed by atoms with Gasteiger partial charge >= 0.3 is 0 Å². The van der Waals surface area contributed by atoms with Crippen LogP contribution in [0.3, 0.4) is 0 Å². The van der Waals surface area contributed by atoms with E-state index in [1.807, 2.05) is 6.92 Å². The Bertz CT molecular complexity index is 596. The van der Waals surface area contributed by atoms with Gasteiger partial charge in [0, 0.05) is 29.7 Å². The van der Waals surface area contributed by atoms with Gasteiger partial charge in [-0.05, 0) is 41.4 Å². The minimum Gasteiger partial charge on any atom is -0.315 e. The topological polar surface area (TPSA) is 49.4 Å². The maximum atomic E-state index is 14.0. The zero-order chi connectivity index (χ0) is 15.6. The van der Waals surface area contributed by atoms with Crippen LogP contribution in [0.15, 0.2) is 21.5 Å². The van der Waals surface area contributed by atoms with Crippen LogP contribution in [0.25, 0.3) is 0 Å². The third-order valence-corrected chi connectivity index (χ3v) is 6.33. The predicted octanol–water partition coefficient (Wildman–Crippen LogP) is 2.49. The van der Waals surface area contributed by atoms with E-state index in [0.29, 0.717) is 32.0 Å². The number of rotatable bonds is 5. The molecule has 0 aromatic heterocycles. The van der Waals surface area contributed by atoms with Crippen LogP contribution < -0.4 is 5.32 Å². The third-order valence-electron chi connectivity index (χ3n) is 3.42. The smallest absolute Gasteiger partial charge is 0.247 e. The molecule has 0 radical (unpaired) electrons. The highest BCUT2D eigenvalue weighted by Gasteiger charge is 2.35. The second-order valence-corrected chi connectivity index (χ2v) is 7.64. The number of sulfonamides is 1. The first-order valence-corrected chi connectivity index (χ1v) is 8.98. The fourth-order valence-corrected chi connectivity index (χ4v) is 5.36. The molecule has 1 aliphatic rings. The second kappa shape index (κ2) is 6.68. The lowest BCUT2D eigenvalue weighted by molar-refractivity contribution is 0.333. The average Bonchev–Trinajstić information content (AvgIpc) is 2.87. The van der Waals surface area contributed by atoms with Gasteiger partial charge in [-0.25, -0.2) is 17.2 Å². The summed E-state index contributed by atoms with van der Waals surface area (Å²) in [5.41, 5.74) is 0. The van der Waals surface area contributed by atoms with Crippen molar-refractivity contribution in [3.05, 3.63) is 28.2 Å². The van der Waals surface area contributed by atoms with E-state index in [9.17, 15) is 17.2 Å². The molecule has 1 heterocycles. The molecule has 0 saturated carbocycles. The number of hydrogen-bond donors (Lipinski definition) is 1. The van der Waals surface area contributed by atoms with Gasteiger partial charge in [0.1, 0.15) is 16.5 Å². The van der Waals surface area contributed by atoms with Crippen molar-refractivity contribution in [1.82, 2.24) is 9.62 Å². The van der Waals surface area contributed by atoms with Crippen molar-refractivity contribution < 1.29 is 17.2 Å². The Morgan fingerprint density at radius 3 is 2.67 bits per heavy atom. The lowest BCUT2D eigenvalue weighted by Gasteiger charge is -2.27. The maximum Gasteiger partial charge on any atom is 0.247 e. The summed E-state index contributed by atoms with van der Waals surface area (Å²) in [6, 6.07) is 1.35. The maximum absolute atomic E-state index is 14.0. The van der Waals surface area contributed by atoms with Gasteiger partial charge in [0.25, 0.3) is 0 Å². The molecule has 118 valence electrons. The summed E-state index contributed by atoms with van der Waals surface area (Å²) < 4.78 is 53.9. The van der Waals surface area contributed by atoms with Gasteiger partial charge < -0.3 is 5.32 Å². The average molecular weight is 383 g/mol. The summed E-state index contributed by atoms with van der Waals surface area (Å²) in [7, 11) is -4.02. The van der Waals surface area contributed by atoms with Gasteiger partial charge in [0.2, 0.25) is 10.0 Å². The fourth-order valence-electron chi connectivity index (χ4n) is 2.50. The molecule has 1 aromatic carbocycles. The summed E-state index contributed by atoms with van der Waals surface area (Å²) >= 11 is 2.96. The van der Waals surface area contributed by atoms with E-state index < -0.39 is 26.6 Å². The van der Waals surface area contributed by atoms with Crippen LogP contribution >= 0.6 is 15.9 Å². The SMILES string of the molecule is CCCN(C1CCNC1)S(=O)(=O)c1c(F)cc(F)cc1Br. The van der Waals surface area contributed by atoms with Crippen LogP contribution in [0, 0.1) is 11.6 Å². The first kappa shape index (κ1) is 16.8. The highest BCUT2D eigenvalue weighted by atomic mass is 79.9. The normalized spacial score (nSPS) is 19.4. The number of nitrogens with one attached hydrogen (secondary N) is 1. The molecule has 1 atom stereocenters. The Balaban J connectivity index is 2.48. The van der Waals surface area contributed by atoms with E-state index in [2.05, 4.69) is 21.2 Å². The molecule has 21 heavy (non-hydrogen) atoms. The predicted molar refractivity (Wildman–Crippen MR) is 79.5 cm³/mol. The van der Waals surface area contributed by atoms with Crippen LogP contribution in [0.5, 0.6) is 0 Å². The monoisotopic (exact) mass is 382 g/mol. The summed E-state index contributed by atoms with van der Waals surface area (Å²) in [5, 5.41) is 3.10. The minimum absolute atomic E-state index is 0.0907. The van der Waals surface area contributed by atoms with Crippen molar-refractivity contribution in [3.8, 4) is 0 Å². The fraction of sp³-hybridized carbons (Fsp3) is 0.538. The molecule has 0 spiro atoms. The molecular formula is C13H17BrF2N2O2S. The van der Waals surface area contributed by atoms with E-state index in [1.54, 1.807) is 0 Å². The van der Waals surface area contributed by atoms with E-state index in [1.165, 1.54) is 4.31 Å². The Labute approximate surface area is 131 Å². The van der Waals surface area contributed by atoms with Gasteiger partial charge in [0.05, 0.1) is 0 Å². The van der Waals surface area contributed by atoms with E-state index in [4.69, 9.17) is 0 Å². The molecule has 1 aliphatic heterocycles. The Morgan fingerprint density at radius 2 is 2.14 bits per heavy atom. The lowest BCUT2D eigenvalue weighted by atomic mass is 10.2. The van der Waals surface area contributed by atoms with Crippen LogP contribution in [-0.2, 0) is 10.0 Å². The van der Waals surface area contributed by atoms with Gasteiger partial charge in [-0.2, -0.15) is 4.31 Å². The summed E-state index contributed by atoms with van der Waals surface area (Å²) in [6.07, 6.45) is 1.30. The van der Waals surface area contributed by atoms with E-state index in [0.717, 1.165) is 12.6 Å². The molecule has 2 rings (SSSR count). The van der Waals surface area contributed by atoms with Gasteiger partial charge in [-0.15, -0.1) is 0 Å². The molecule has 1 saturated heterocycles. The first-order valence-electron chi connectivity index (χ1n) is 6.75. The third kappa shape index (κ3) is 3.44. The van der Waals surface area contributed by atoms with Crippen molar-refractivity contribution >= 4 is 26.0 Å². The Hall–Kier alpha value is -0.570. The zero-order valence-corrected chi connectivity index (χ0v) is 14.0. The van der Waals surface area contributed by atoms with Crippen molar-refractivity contribution in [2.24, 2.45) is 0 Å². The van der Waals surface area contributed by atoms with Crippen LogP contribution in [0.4, 0.5) is 8.78 Å². The van der Waals surface area contributed by atoms with Crippen LogP contribution in [0.2, 0.25) is 0 Å². The van der Waals surface area contributed by atoms with Gasteiger partial charge in [0.15, 0.2) is 0 Å². The van der Waals surface area contributed by atoms with Crippen molar-refractivity contribution in [1.29, 1.82) is 0 Å². The molecule has 1 aromatic rings. The molecule has 1 unspecified atom stereocenters. The quantitative estimate of drug-likeness (QED) is 0.850. The lowest BCUT2D eigenvalue weighted by Crippen LogP contribution is -2.42. The number of nitrogens with zero attached hydrogens (tertiary/aromatic N) is 1. The molecule has 0 amide bonds. The first-order chi connectivity index (χ1) is 9.87. The highest BCUT2D eigenvalue weighted by Crippen LogP contribution is 2.30. The van der Waals surface area contributed by atoms with Gasteiger partial charge in [-0.1, -0.05) is 6.92 Å². The standard InChI is InChI=1S/C13H17BrF2N2O2S/c1-2-5-18(10-3-4-17-8-10)21(19,20)13-11(14)6-9(15)7-12(13)16/h6-7,10,17H,2-5,8H2,1H3. The number of hydrogen-bond acceptors (Lipinski definition) is 3. The minimum atomic E-state index is -4.02. The van der Waals surface area contributed by atoms with E-state index in [-0.39, 0.29) is 10.5 Å². The molecule has 0 bridgehead atoms.